The third kappa shape index (κ3) is 3.22. The predicted molar refractivity (Wildman–Crippen MR) is 65.4 cm³/mol. The average molecular weight is 220 g/mol. The van der Waals surface area contributed by atoms with Crippen LogP contribution < -0.4 is 15.8 Å². The molecule has 0 amide bonds. The van der Waals surface area contributed by atoms with Gasteiger partial charge in [0.25, 0.3) is 0 Å². The highest BCUT2D eigenvalue weighted by Gasteiger charge is 2.13. The highest BCUT2D eigenvalue weighted by Crippen LogP contribution is 2.15. The normalized spacial score (nSPS) is 20.7. The van der Waals surface area contributed by atoms with Gasteiger partial charge in [-0.05, 0) is 37.1 Å². The largest absolute Gasteiger partial charge is 0.493 e. The van der Waals surface area contributed by atoms with Gasteiger partial charge >= 0.3 is 0 Å². The quantitative estimate of drug-likeness (QED) is 0.809. The molecule has 1 aromatic carbocycles. The molecule has 16 heavy (non-hydrogen) atoms. The Bertz CT molecular complexity index is 304. The van der Waals surface area contributed by atoms with E-state index >= 15 is 0 Å². The molecular weight excluding hydrogens is 200 g/mol. The zero-order valence-corrected chi connectivity index (χ0v) is 9.61. The minimum Gasteiger partial charge on any atom is -0.493 e. The highest BCUT2D eigenvalue weighted by atomic mass is 16.5. The molecule has 1 saturated heterocycles. The third-order valence-corrected chi connectivity index (χ3v) is 3.04. The van der Waals surface area contributed by atoms with Crippen molar-refractivity contribution in [3.05, 3.63) is 29.8 Å². The summed E-state index contributed by atoms with van der Waals surface area (Å²) in [4.78, 5) is 0. The van der Waals surface area contributed by atoms with Gasteiger partial charge < -0.3 is 15.8 Å². The first-order valence-corrected chi connectivity index (χ1v) is 6.01. The molecule has 0 spiro atoms. The van der Waals surface area contributed by atoms with Gasteiger partial charge in [-0.25, -0.2) is 0 Å². The fourth-order valence-corrected chi connectivity index (χ4v) is 2.00. The van der Waals surface area contributed by atoms with Crippen molar-refractivity contribution in [1.82, 2.24) is 5.32 Å². The van der Waals surface area contributed by atoms with Crippen LogP contribution in [-0.2, 0) is 6.54 Å². The summed E-state index contributed by atoms with van der Waals surface area (Å²) in [5, 5.41) is 3.39. The van der Waals surface area contributed by atoms with Gasteiger partial charge in [-0.1, -0.05) is 12.1 Å². The van der Waals surface area contributed by atoms with Crippen LogP contribution in [0.4, 0.5) is 0 Å². The molecular formula is C13H20N2O. The van der Waals surface area contributed by atoms with Gasteiger partial charge in [0.1, 0.15) is 5.75 Å². The molecule has 3 N–H and O–H groups in total. The predicted octanol–water partition coefficient (Wildman–Crippen LogP) is 1.52. The number of nitrogens with two attached hydrogens (primary N) is 1. The lowest BCUT2D eigenvalue weighted by Gasteiger charge is -2.22. The van der Waals surface area contributed by atoms with Crippen LogP contribution in [-0.4, -0.2) is 19.7 Å². The molecule has 1 aliphatic rings. The number of benzene rings is 1. The number of hydrogen-bond donors (Lipinski definition) is 2. The van der Waals surface area contributed by atoms with Gasteiger partial charge in [-0.2, -0.15) is 0 Å². The number of rotatable bonds is 4. The Morgan fingerprint density at radius 2 is 2.12 bits per heavy atom. The fourth-order valence-electron chi connectivity index (χ4n) is 2.00. The molecule has 0 bridgehead atoms. The summed E-state index contributed by atoms with van der Waals surface area (Å²) in [5.41, 5.74) is 6.69. The lowest BCUT2D eigenvalue weighted by molar-refractivity contribution is 0.218. The maximum Gasteiger partial charge on any atom is 0.119 e. The Morgan fingerprint density at radius 3 is 2.75 bits per heavy atom. The summed E-state index contributed by atoms with van der Waals surface area (Å²) in [7, 11) is 0. The molecule has 0 aliphatic carbocycles. The summed E-state index contributed by atoms with van der Waals surface area (Å²) in [5.74, 6) is 1.60. The molecule has 1 aromatic rings. The molecule has 88 valence electrons. The first kappa shape index (κ1) is 11.4. The average Bonchev–Trinajstić information content (AvgIpc) is 2.38. The van der Waals surface area contributed by atoms with E-state index in [9.17, 15) is 0 Å². The van der Waals surface area contributed by atoms with E-state index in [2.05, 4.69) is 5.32 Å². The van der Waals surface area contributed by atoms with Crippen molar-refractivity contribution in [3.63, 3.8) is 0 Å². The SMILES string of the molecule is NCc1ccc(OCC2CCCNC2)cc1. The third-order valence-electron chi connectivity index (χ3n) is 3.04. The molecule has 3 nitrogen and oxygen atoms in total. The van der Waals surface area contributed by atoms with Gasteiger partial charge in [0.05, 0.1) is 6.61 Å². The van der Waals surface area contributed by atoms with Gasteiger partial charge in [-0.15, -0.1) is 0 Å². The van der Waals surface area contributed by atoms with E-state index in [-0.39, 0.29) is 0 Å². The van der Waals surface area contributed by atoms with Crippen LogP contribution in [0.5, 0.6) is 5.75 Å². The molecule has 2 rings (SSSR count). The van der Waals surface area contributed by atoms with E-state index in [0.717, 1.165) is 31.0 Å². The maximum atomic E-state index is 5.76. The molecule has 0 radical (unpaired) electrons. The van der Waals surface area contributed by atoms with Crippen LogP contribution in [0, 0.1) is 5.92 Å². The van der Waals surface area contributed by atoms with Crippen LogP contribution in [0.15, 0.2) is 24.3 Å². The maximum absolute atomic E-state index is 5.76. The van der Waals surface area contributed by atoms with E-state index in [1.807, 2.05) is 24.3 Å². The first-order chi connectivity index (χ1) is 7.88. The zero-order valence-electron chi connectivity index (χ0n) is 9.61. The van der Waals surface area contributed by atoms with Crippen molar-refractivity contribution in [1.29, 1.82) is 0 Å². The molecule has 0 aromatic heterocycles. The van der Waals surface area contributed by atoms with E-state index in [0.29, 0.717) is 12.5 Å². The van der Waals surface area contributed by atoms with Gasteiger partial charge in [0.2, 0.25) is 0 Å². The number of nitrogens with one attached hydrogen (secondary N) is 1. The number of ether oxygens (including phenoxy) is 1. The second-order valence-corrected chi connectivity index (χ2v) is 4.37. The Labute approximate surface area is 97.0 Å². The Balaban J connectivity index is 1.79. The van der Waals surface area contributed by atoms with E-state index in [1.165, 1.54) is 12.8 Å². The van der Waals surface area contributed by atoms with E-state index < -0.39 is 0 Å². The van der Waals surface area contributed by atoms with Crippen LogP contribution in [0.3, 0.4) is 0 Å². The second kappa shape index (κ2) is 5.87. The first-order valence-electron chi connectivity index (χ1n) is 6.01. The van der Waals surface area contributed by atoms with Crippen molar-refractivity contribution < 1.29 is 4.74 Å². The molecule has 0 saturated carbocycles. The second-order valence-electron chi connectivity index (χ2n) is 4.37. The van der Waals surface area contributed by atoms with Gasteiger partial charge in [0.15, 0.2) is 0 Å². The summed E-state index contributed by atoms with van der Waals surface area (Å²) in [6, 6.07) is 8.04. The van der Waals surface area contributed by atoms with Crippen LogP contribution in [0.2, 0.25) is 0 Å². The van der Waals surface area contributed by atoms with Crippen LogP contribution >= 0.6 is 0 Å². The minimum atomic E-state index is 0.590. The van der Waals surface area contributed by atoms with Crippen molar-refractivity contribution in [2.45, 2.75) is 19.4 Å². The van der Waals surface area contributed by atoms with Gasteiger partial charge in [0, 0.05) is 19.0 Å². The van der Waals surface area contributed by atoms with Gasteiger partial charge in [-0.3, -0.25) is 0 Å². The Morgan fingerprint density at radius 1 is 1.31 bits per heavy atom. The van der Waals surface area contributed by atoms with Crippen LogP contribution in [0.25, 0.3) is 0 Å². The number of hydrogen-bond acceptors (Lipinski definition) is 3. The molecule has 1 unspecified atom stereocenters. The minimum absolute atomic E-state index is 0.590. The number of piperidine rings is 1. The molecule has 1 atom stereocenters. The van der Waals surface area contributed by atoms with Crippen molar-refractivity contribution in [2.24, 2.45) is 11.7 Å². The van der Waals surface area contributed by atoms with Crippen molar-refractivity contribution >= 4 is 0 Å². The zero-order chi connectivity index (χ0) is 11.2. The Kier molecular flexibility index (Phi) is 4.19. The molecule has 1 aliphatic heterocycles. The van der Waals surface area contributed by atoms with Crippen molar-refractivity contribution in [3.8, 4) is 5.75 Å². The summed E-state index contributed by atoms with van der Waals surface area (Å²) in [6.07, 6.45) is 2.54. The molecule has 1 fully saturated rings. The Hall–Kier alpha value is -1.06. The lowest BCUT2D eigenvalue weighted by Crippen LogP contribution is -2.33. The highest BCUT2D eigenvalue weighted by molar-refractivity contribution is 5.27. The topological polar surface area (TPSA) is 47.3 Å². The van der Waals surface area contributed by atoms with Crippen LogP contribution in [0.1, 0.15) is 18.4 Å². The van der Waals surface area contributed by atoms with Crippen molar-refractivity contribution in [2.75, 3.05) is 19.7 Å². The van der Waals surface area contributed by atoms with E-state index in [4.69, 9.17) is 10.5 Å². The summed E-state index contributed by atoms with van der Waals surface area (Å²) >= 11 is 0. The molecule has 3 heteroatoms. The monoisotopic (exact) mass is 220 g/mol. The smallest absolute Gasteiger partial charge is 0.119 e. The summed E-state index contributed by atoms with van der Waals surface area (Å²) < 4.78 is 5.76. The lowest BCUT2D eigenvalue weighted by atomic mass is 10.0. The summed E-state index contributed by atoms with van der Waals surface area (Å²) in [6.45, 7) is 3.64. The fraction of sp³-hybridized carbons (Fsp3) is 0.538. The standard InChI is InChI=1S/C13H20N2O/c14-8-11-3-5-13(6-4-11)16-10-12-2-1-7-15-9-12/h3-6,12,15H,1-2,7-10,14H2. The molecule has 1 heterocycles. The van der Waals surface area contributed by atoms with E-state index in [1.54, 1.807) is 0 Å².